The number of ether oxygens (including phenoxy) is 1. The smallest absolute Gasteiger partial charge is 0.316 e. The van der Waals surface area contributed by atoms with Gasteiger partial charge in [0.2, 0.25) is 0 Å². The summed E-state index contributed by atoms with van der Waals surface area (Å²) in [6.45, 7) is 5.47. The maximum atomic E-state index is 12.3. The molecule has 1 N–H and O–H groups in total. The van der Waals surface area contributed by atoms with E-state index in [1.165, 1.54) is 23.1 Å². The van der Waals surface area contributed by atoms with Crippen LogP contribution in [0.15, 0.2) is 4.79 Å². The highest BCUT2D eigenvalue weighted by molar-refractivity contribution is 8.02. The van der Waals surface area contributed by atoms with Crippen molar-refractivity contribution in [2.75, 3.05) is 17.3 Å². The number of sulfone groups is 1. The molecule has 0 aliphatic carbocycles. The third kappa shape index (κ3) is 4.12. The summed E-state index contributed by atoms with van der Waals surface area (Å²) in [6, 6.07) is 0. The Balaban J connectivity index is 1.64. The van der Waals surface area contributed by atoms with Gasteiger partial charge in [0.25, 0.3) is 5.56 Å². The van der Waals surface area contributed by atoms with Gasteiger partial charge in [0.1, 0.15) is 4.83 Å². The minimum atomic E-state index is -2.96. The van der Waals surface area contributed by atoms with E-state index < -0.39 is 21.9 Å². The summed E-state index contributed by atoms with van der Waals surface area (Å²) in [5.74, 6) is 0.233. The average Bonchev–Trinajstić information content (AvgIpc) is 3.04. The first-order valence-corrected chi connectivity index (χ1v) is 11.9. The lowest BCUT2D eigenvalue weighted by Gasteiger charge is -2.13. The predicted octanol–water partition coefficient (Wildman–Crippen LogP) is 2.13. The normalized spacial score (nSPS) is 20.3. The number of thiophene rings is 1. The SMILES string of the molecule is Cc1sc2nc([C@H](C)OC(=O)CS[C@@H]3CCS(=O)(=O)C3)[nH]c(=O)c2c1C. The van der Waals surface area contributed by atoms with Crippen molar-refractivity contribution in [1.82, 2.24) is 9.97 Å². The van der Waals surface area contributed by atoms with Crippen LogP contribution in [0.4, 0.5) is 0 Å². The third-order valence-corrected chi connectivity index (χ3v) is 8.73. The van der Waals surface area contributed by atoms with Gasteiger partial charge in [-0.15, -0.1) is 23.1 Å². The summed E-state index contributed by atoms with van der Waals surface area (Å²) >= 11 is 2.74. The van der Waals surface area contributed by atoms with Crippen molar-refractivity contribution in [3.8, 4) is 0 Å². The molecule has 0 radical (unpaired) electrons. The number of fused-ring (bicyclic) bond motifs is 1. The molecule has 7 nitrogen and oxygen atoms in total. The van der Waals surface area contributed by atoms with E-state index in [9.17, 15) is 18.0 Å². The second-order valence-corrected chi connectivity index (χ2v) is 11.1. The lowest BCUT2D eigenvalue weighted by molar-refractivity contribution is -0.145. The van der Waals surface area contributed by atoms with Crippen molar-refractivity contribution in [3.63, 3.8) is 0 Å². The maximum Gasteiger partial charge on any atom is 0.316 e. The maximum absolute atomic E-state index is 12.3. The van der Waals surface area contributed by atoms with Crippen molar-refractivity contribution in [2.24, 2.45) is 0 Å². The fraction of sp³-hybridized carbons (Fsp3) is 0.562. The van der Waals surface area contributed by atoms with Crippen LogP contribution in [-0.4, -0.2) is 46.9 Å². The Morgan fingerprint density at radius 3 is 2.85 bits per heavy atom. The molecular formula is C16H20N2O5S3. The lowest BCUT2D eigenvalue weighted by atomic mass is 10.2. The summed E-state index contributed by atoms with van der Waals surface area (Å²) in [6.07, 6.45) is -0.117. The van der Waals surface area contributed by atoms with Crippen LogP contribution >= 0.6 is 23.1 Å². The van der Waals surface area contributed by atoms with Crippen LogP contribution in [0, 0.1) is 13.8 Å². The molecule has 26 heavy (non-hydrogen) atoms. The molecule has 0 bridgehead atoms. The van der Waals surface area contributed by atoms with Crippen LogP contribution in [0.1, 0.15) is 35.7 Å². The van der Waals surface area contributed by atoms with Crippen molar-refractivity contribution in [1.29, 1.82) is 0 Å². The predicted molar refractivity (Wildman–Crippen MR) is 104 cm³/mol. The molecule has 0 spiro atoms. The fourth-order valence-corrected chi connectivity index (χ4v) is 7.29. The first-order valence-electron chi connectivity index (χ1n) is 8.17. The van der Waals surface area contributed by atoms with Gasteiger partial charge in [-0.3, -0.25) is 9.59 Å². The molecule has 1 fully saturated rings. The number of aromatic amines is 1. The molecule has 0 saturated carbocycles. The lowest BCUT2D eigenvalue weighted by Crippen LogP contribution is -2.19. The van der Waals surface area contributed by atoms with Gasteiger partial charge in [0.15, 0.2) is 21.8 Å². The molecule has 1 aliphatic rings. The zero-order valence-corrected chi connectivity index (χ0v) is 17.1. The zero-order valence-electron chi connectivity index (χ0n) is 14.7. The standard InChI is InChI=1S/C16H20N2O5S3/c1-8-10(3)25-16-13(8)15(20)17-14(18-16)9(2)23-12(19)6-24-11-4-5-26(21,22)7-11/h9,11H,4-7H2,1-3H3,(H,17,18,20)/t9-,11+/m0/s1. The Hall–Kier alpha value is -1.39. The Bertz CT molecular complexity index is 1010. The van der Waals surface area contributed by atoms with E-state index in [1.54, 1.807) is 6.92 Å². The van der Waals surface area contributed by atoms with E-state index in [4.69, 9.17) is 4.74 Å². The van der Waals surface area contributed by atoms with Crippen LogP contribution in [0.5, 0.6) is 0 Å². The number of H-pyrrole nitrogens is 1. The number of nitrogens with one attached hydrogen (secondary N) is 1. The molecule has 3 heterocycles. The van der Waals surface area contributed by atoms with Crippen molar-refractivity contribution >= 4 is 49.1 Å². The summed E-state index contributed by atoms with van der Waals surface area (Å²) < 4.78 is 28.2. The number of carbonyl (C=O) groups excluding carboxylic acids is 1. The van der Waals surface area contributed by atoms with Gasteiger partial charge in [-0.25, -0.2) is 13.4 Å². The minimum Gasteiger partial charge on any atom is -0.454 e. The van der Waals surface area contributed by atoms with Crippen molar-refractivity contribution in [2.45, 2.75) is 38.5 Å². The van der Waals surface area contributed by atoms with E-state index in [0.717, 1.165) is 10.4 Å². The van der Waals surface area contributed by atoms with Gasteiger partial charge in [0.05, 0.1) is 22.6 Å². The van der Waals surface area contributed by atoms with Crippen LogP contribution in [0.2, 0.25) is 0 Å². The first-order chi connectivity index (χ1) is 12.2. The van der Waals surface area contributed by atoms with Crippen molar-refractivity contribution in [3.05, 3.63) is 26.6 Å². The van der Waals surface area contributed by atoms with E-state index in [-0.39, 0.29) is 28.1 Å². The highest BCUT2D eigenvalue weighted by Crippen LogP contribution is 2.27. The highest BCUT2D eigenvalue weighted by Gasteiger charge is 2.29. The first kappa shape index (κ1) is 19.4. The Kier molecular flexibility index (Phi) is 5.45. The number of hydrogen-bond donors (Lipinski definition) is 1. The van der Waals surface area contributed by atoms with E-state index in [0.29, 0.717) is 22.5 Å². The molecule has 2 aromatic rings. The number of hydrogen-bond acceptors (Lipinski definition) is 8. The van der Waals surface area contributed by atoms with E-state index >= 15 is 0 Å². The van der Waals surface area contributed by atoms with Gasteiger partial charge < -0.3 is 9.72 Å². The minimum absolute atomic E-state index is 0.0609. The number of rotatable bonds is 5. The second kappa shape index (κ2) is 7.32. The molecule has 1 aliphatic heterocycles. The molecule has 3 rings (SSSR count). The molecule has 0 aromatic carbocycles. The monoisotopic (exact) mass is 416 g/mol. The van der Waals surface area contributed by atoms with Crippen LogP contribution in [0.25, 0.3) is 10.2 Å². The molecule has 2 atom stereocenters. The number of carbonyl (C=O) groups is 1. The largest absolute Gasteiger partial charge is 0.454 e. The van der Waals surface area contributed by atoms with Gasteiger partial charge in [-0.1, -0.05) is 0 Å². The zero-order chi connectivity index (χ0) is 19.1. The molecule has 0 unspecified atom stereocenters. The fourth-order valence-electron chi connectivity index (χ4n) is 2.83. The molecule has 10 heteroatoms. The number of esters is 1. The summed E-state index contributed by atoms with van der Waals surface area (Å²) in [5, 5.41) is 0.516. The number of aromatic nitrogens is 2. The van der Waals surface area contributed by atoms with Gasteiger partial charge >= 0.3 is 5.97 Å². The van der Waals surface area contributed by atoms with Crippen LogP contribution < -0.4 is 5.56 Å². The third-order valence-electron chi connectivity index (χ3n) is 4.38. The van der Waals surface area contributed by atoms with Crippen LogP contribution in [0.3, 0.4) is 0 Å². The summed E-state index contributed by atoms with van der Waals surface area (Å²) in [7, 11) is -2.96. The molecule has 142 valence electrons. The number of aryl methyl sites for hydroxylation is 2. The number of nitrogens with zero attached hydrogens (tertiary/aromatic N) is 1. The highest BCUT2D eigenvalue weighted by atomic mass is 32.2. The summed E-state index contributed by atoms with van der Waals surface area (Å²) in [5.41, 5.74) is 0.679. The molecular weight excluding hydrogens is 396 g/mol. The second-order valence-electron chi connectivity index (χ2n) is 6.38. The quantitative estimate of drug-likeness (QED) is 0.744. The molecule has 1 saturated heterocycles. The van der Waals surface area contributed by atoms with E-state index in [1.807, 2.05) is 13.8 Å². The van der Waals surface area contributed by atoms with E-state index in [2.05, 4.69) is 9.97 Å². The number of thioether (sulfide) groups is 1. The Morgan fingerprint density at radius 1 is 1.46 bits per heavy atom. The average molecular weight is 417 g/mol. The van der Waals surface area contributed by atoms with Gasteiger partial charge in [-0.05, 0) is 32.8 Å². The van der Waals surface area contributed by atoms with Gasteiger partial charge in [0, 0.05) is 10.1 Å². The Labute approximate surface area is 159 Å². The molecule has 0 amide bonds. The van der Waals surface area contributed by atoms with Crippen molar-refractivity contribution < 1.29 is 17.9 Å². The Morgan fingerprint density at radius 2 is 2.19 bits per heavy atom. The molecule has 2 aromatic heterocycles. The topological polar surface area (TPSA) is 106 Å². The van der Waals surface area contributed by atoms with Crippen LogP contribution in [-0.2, 0) is 19.4 Å². The van der Waals surface area contributed by atoms with Gasteiger partial charge in [-0.2, -0.15) is 0 Å². The summed E-state index contributed by atoms with van der Waals surface area (Å²) in [4.78, 5) is 33.1.